The molecule has 0 radical (unpaired) electrons. The summed E-state index contributed by atoms with van der Waals surface area (Å²) in [5.41, 5.74) is 5.48. The highest BCUT2D eigenvalue weighted by atomic mass is 32.2. The molecule has 1 aliphatic heterocycles. The van der Waals surface area contributed by atoms with Gasteiger partial charge < -0.3 is 15.4 Å². The molecular formula is C11H24N4O4S. The Hall–Kier alpha value is -0.900. The summed E-state index contributed by atoms with van der Waals surface area (Å²) in [6.07, 6.45) is 0.0538. The molecule has 0 spiro atoms. The van der Waals surface area contributed by atoms with Gasteiger partial charge in [-0.1, -0.05) is 0 Å². The fourth-order valence-electron chi connectivity index (χ4n) is 2.05. The van der Waals surface area contributed by atoms with Crippen LogP contribution in [0.2, 0.25) is 0 Å². The third-order valence-corrected chi connectivity index (χ3v) is 3.99. The minimum atomic E-state index is -3.87. The molecule has 20 heavy (non-hydrogen) atoms. The highest BCUT2D eigenvalue weighted by molar-refractivity contribution is 7.88. The minimum absolute atomic E-state index is 0.173. The van der Waals surface area contributed by atoms with Gasteiger partial charge in [-0.15, -0.1) is 0 Å². The van der Waals surface area contributed by atoms with E-state index in [1.807, 2.05) is 4.72 Å². The molecule has 0 aliphatic carbocycles. The maximum absolute atomic E-state index is 11.7. The fourth-order valence-corrected chi connectivity index (χ4v) is 3.05. The van der Waals surface area contributed by atoms with Crippen molar-refractivity contribution in [1.82, 2.24) is 14.3 Å². The molecule has 0 aromatic heterocycles. The number of piperidine rings is 1. The first-order valence-corrected chi connectivity index (χ1v) is 8.24. The number of carbonyl (C=O) groups excluding carboxylic acids is 1. The van der Waals surface area contributed by atoms with Crippen molar-refractivity contribution in [3.05, 3.63) is 0 Å². The van der Waals surface area contributed by atoms with Gasteiger partial charge in [0, 0.05) is 19.1 Å². The lowest BCUT2D eigenvalue weighted by molar-refractivity contribution is 0.121. The summed E-state index contributed by atoms with van der Waals surface area (Å²) >= 11 is 0. The zero-order valence-corrected chi connectivity index (χ0v) is 12.8. The van der Waals surface area contributed by atoms with E-state index < -0.39 is 16.3 Å². The zero-order valence-electron chi connectivity index (χ0n) is 12.0. The number of rotatable bonds is 6. The summed E-state index contributed by atoms with van der Waals surface area (Å²) in [5, 5.41) is 0. The van der Waals surface area contributed by atoms with Gasteiger partial charge in [-0.2, -0.15) is 13.1 Å². The van der Waals surface area contributed by atoms with E-state index in [0.717, 1.165) is 19.6 Å². The molecule has 118 valence electrons. The number of nitrogens with one attached hydrogen (secondary N) is 2. The van der Waals surface area contributed by atoms with E-state index in [-0.39, 0.29) is 12.1 Å². The number of hydrogen-bond acceptors (Lipinski definition) is 6. The van der Waals surface area contributed by atoms with Crippen LogP contribution in [0.25, 0.3) is 0 Å². The number of nitrogens with two attached hydrogens (primary N) is 1. The van der Waals surface area contributed by atoms with E-state index in [1.165, 1.54) is 0 Å². The number of likely N-dealkylation sites (tertiary alicyclic amines) is 1. The largest absolute Gasteiger partial charge is 0.446 e. The molecule has 1 rings (SSSR count). The molecular weight excluding hydrogens is 284 g/mol. The van der Waals surface area contributed by atoms with Crippen LogP contribution in [0.1, 0.15) is 26.7 Å². The third kappa shape index (κ3) is 6.51. The van der Waals surface area contributed by atoms with Gasteiger partial charge >= 0.3 is 16.3 Å². The predicted molar refractivity (Wildman–Crippen MR) is 75.3 cm³/mol. The average Bonchev–Trinajstić information content (AvgIpc) is 2.29. The third-order valence-electron chi connectivity index (χ3n) is 2.92. The molecule has 1 saturated heterocycles. The van der Waals surface area contributed by atoms with E-state index in [1.54, 1.807) is 13.8 Å². The van der Waals surface area contributed by atoms with Crippen molar-refractivity contribution < 1.29 is 17.9 Å². The zero-order chi connectivity index (χ0) is 15.2. The molecule has 0 aromatic carbocycles. The van der Waals surface area contributed by atoms with Gasteiger partial charge in [0.25, 0.3) is 0 Å². The van der Waals surface area contributed by atoms with Crippen molar-refractivity contribution in [2.45, 2.75) is 38.8 Å². The number of nitrogens with zero attached hydrogens (tertiary/aromatic N) is 1. The Morgan fingerprint density at radius 2 is 2.00 bits per heavy atom. The van der Waals surface area contributed by atoms with Crippen LogP contribution in [0.3, 0.4) is 0 Å². The average molecular weight is 308 g/mol. The first-order chi connectivity index (χ1) is 9.32. The minimum Gasteiger partial charge on any atom is -0.446 e. The van der Waals surface area contributed by atoms with Crippen molar-refractivity contribution >= 4 is 16.3 Å². The van der Waals surface area contributed by atoms with Gasteiger partial charge in [0.1, 0.15) is 0 Å². The Morgan fingerprint density at radius 1 is 1.40 bits per heavy atom. The predicted octanol–water partition coefficient (Wildman–Crippen LogP) is -0.621. The molecule has 0 unspecified atom stereocenters. The van der Waals surface area contributed by atoms with E-state index in [2.05, 4.69) is 9.62 Å². The molecule has 0 bridgehead atoms. The van der Waals surface area contributed by atoms with E-state index in [4.69, 9.17) is 10.5 Å². The highest BCUT2D eigenvalue weighted by Gasteiger charge is 2.24. The van der Waals surface area contributed by atoms with Crippen LogP contribution < -0.4 is 15.2 Å². The first kappa shape index (κ1) is 17.2. The lowest BCUT2D eigenvalue weighted by Gasteiger charge is -2.31. The van der Waals surface area contributed by atoms with E-state index in [0.29, 0.717) is 19.4 Å². The molecule has 0 atom stereocenters. The molecule has 1 fully saturated rings. The Balaban J connectivity index is 2.38. The van der Waals surface area contributed by atoms with Crippen LogP contribution in [0.4, 0.5) is 4.79 Å². The topological polar surface area (TPSA) is 114 Å². The van der Waals surface area contributed by atoms with Gasteiger partial charge in [-0.25, -0.2) is 9.52 Å². The summed E-state index contributed by atoms with van der Waals surface area (Å²) in [7, 11) is -3.87. The second-order valence-electron chi connectivity index (χ2n) is 5.08. The second-order valence-corrected chi connectivity index (χ2v) is 6.53. The number of hydrogen-bond donors (Lipinski definition) is 3. The molecule has 9 heteroatoms. The fraction of sp³-hybridized carbons (Fsp3) is 0.909. The van der Waals surface area contributed by atoms with Crippen molar-refractivity contribution in [2.24, 2.45) is 5.73 Å². The quantitative estimate of drug-likeness (QED) is 0.602. The van der Waals surface area contributed by atoms with Crippen LogP contribution in [0.15, 0.2) is 0 Å². The smallest absolute Gasteiger partial charge is 0.422 e. The van der Waals surface area contributed by atoms with Gasteiger partial charge in [-0.3, -0.25) is 0 Å². The maximum atomic E-state index is 11.7. The molecule has 1 aliphatic rings. The number of ether oxygens (including phenoxy) is 1. The summed E-state index contributed by atoms with van der Waals surface area (Å²) in [5.74, 6) is 0. The van der Waals surface area contributed by atoms with E-state index >= 15 is 0 Å². The summed E-state index contributed by atoms with van der Waals surface area (Å²) < 4.78 is 32.5. The lowest BCUT2D eigenvalue weighted by Crippen LogP contribution is -2.50. The van der Waals surface area contributed by atoms with Gasteiger partial charge in [-0.05, 0) is 39.8 Å². The number of carbonyl (C=O) groups is 1. The second kappa shape index (κ2) is 7.77. The summed E-state index contributed by atoms with van der Waals surface area (Å²) in [6, 6.07) is -0.173. The van der Waals surface area contributed by atoms with Crippen LogP contribution in [0.5, 0.6) is 0 Å². The Morgan fingerprint density at radius 3 is 2.50 bits per heavy atom. The molecule has 1 amide bonds. The Kier molecular flexibility index (Phi) is 6.66. The summed E-state index contributed by atoms with van der Waals surface area (Å²) in [4.78, 5) is 13.5. The van der Waals surface area contributed by atoms with Crippen LogP contribution in [-0.2, 0) is 14.9 Å². The first-order valence-electron chi connectivity index (χ1n) is 6.75. The molecule has 0 saturated carbocycles. The van der Waals surface area contributed by atoms with Crippen molar-refractivity contribution in [3.8, 4) is 0 Å². The van der Waals surface area contributed by atoms with Gasteiger partial charge in [0.15, 0.2) is 0 Å². The Bertz CT molecular complexity index is 405. The van der Waals surface area contributed by atoms with Gasteiger partial charge in [0.05, 0.1) is 6.10 Å². The normalized spacial score (nSPS) is 18.2. The molecule has 1 heterocycles. The molecule has 4 N–H and O–H groups in total. The van der Waals surface area contributed by atoms with Crippen molar-refractivity contribution in [3.63, 3.8) is 0 Å². The highest BCUT2D eigenvalue weighted by Crippen LogP contribution is 2.10. The monoisotopic (exact) mass is 308 g/mol. The Labute approximate surface area is 120 Å². The SMILES string of the molecule is CC(C)OC(=O)NS(=O)(=O)NC1CCN(CCN)CC1. The molecule has 8 nitrogen and oxygen atoms in total. The molecule has 0 aromatic rings. The summed E-state index contributed by atoms with van der Waals surface area (Å²) in [6.45, 7) is 6.29. The lowest BCUT2D eigenvalue weighted by atomic mass is 10.1. The number of amides is 1. The van der Waals surface area contributed by atoms with Crippen molar-refractivity contribution in [1.29, 1.82) is 0 Å². The van der Waals surface area contributed by atoms with Gasteiger partial charge in [0.2, 0.25) is 0 Å². The van der Waals surface area contributed by atoms with Crippen molar-refractivity contribution in [2.75, 3.05) is 26.2 Å². The van der Waals surface area contributed by atoms with Crippen LogP contribution >= 0.6 is 0 Å². The standard InChI is InChI=1S/C11H24N4O4S/c1-9(2)19-11(16)14-20(17,18)13-10-3-6-15(7-4-10)8-5-12/h9-10,13H,3-8,12H2,1-2H3,(H,14,16). The van der Waals surface area contributed by atoms with Crippen LogP contribution in [0, 0.1) is 0 Å². The van der Waals surface area contributed by atoms with E-state index in [9.17, 15) is 13.2 Å². The van der Waals surface area contributed by atoms with Crippen LogP contribution in [-0.4, -0.2) is 57.7 Å². The maximum Gasteiger partial charge on any atom is 0.422 e.